The van der Waals surface area contributed by atoms with Crippen LogP contribution in [0, 0.1) is 0 Å². The number of allylic oxidation sites excluding steroid dienone is 8. The summed E-state index contributed by atoms with van der Waals surface area (Å²) in [4.78, 5) is 0. The first-order valence-electron chi connectivity index (χ1n) is 7.61. The van der Waals surface area contributed by atoms with Crippen molar-refractivity contribution in [2.75, 3.05) is 0 Å². The summed E-state index contributed by atoms with van der Waals surface area (Å²) in [5, 5.41) is 3.33. The molecule has 0 heterocycles. The Balaban J connectivity index is 0.00000220. The van der Waals surface area contributed by atoms with E-state index in [9.17, 15) is 0 Å². The van der Waals surface area contributed by atoms with Crippen molar-refractivity contribution >= 4 is 45.2 Å². The van der Waals surface area contributed by atoms with Crippen LogP contribution in [0.5, 0.6) is 0 Å². The van der Waals surface area contributed by atoms with Crippen molar-refractivity contribution in [1.29, 1.82) is 0 Å². The molecule has 0 amide bonds. The zero-order valence-electron chi connectivity index (χ0n) is 14.7. The first-order valence-corrected chi connectivity index (χ1v) is 20.7. The zero-order chi connectivity index (χ0) is 15.1. The summed E-state index contributed by atoms with van der Waals surface area (Å²) in [6.07, 6.45) is 12.5. The molecule has 0 fully saturated rings. The van der Waals surface area contributed by atoms with Crippen molar-refractivity contribution in [2.45, 2.75) is 52.1 Å². The number of hydrogen-bond donors (Lipinski definition) is 0. The maximum absolute atomic E-state index is 4.68. The molecule has 0 aromatic carbocycles. The van der Waals surface area contributed by atoms with Crippen LogP contribution in [-0.4, -0.2) is 20.4 Å². The third-order valence-electron chi connectivity index (χ3n) is 4.25. The molecule has 2 aliphatic carbocycles. The second-order valence-electron chi connectivity index (χ2n) is 8.04. The third-order valence-corrected chi connectivity index (χ3v) is 16.5. The van der Waals surface area contributed by atoms with Gasteiger partial charge >= 0.3 is 135 Å². The fraction of sp³-hybridized carbons (Fsp3) is 0.471. The average Bonchev–Trinajstić information content (AvgIpc) is 2.96. The van der Waals surface area contributed by atoms with Crippen molar-refractivity contribution in [3.8, 4) is 0 Å². The molecule has 0 aromatic rings. The predicted molar refractivity (Wildman–Crippen MR) is 110 cm³/mol. The van der Waals surface area contributed by atoms with Gasteiger partial charge in [0.1, 0.15) is 0 Å². The van der Waals surface area contributed by atoms with Gasteiger partial charge in [-0.15, -0.1) is 24.8 Å². The van der Waals surface area contributed by atoms with Gasteiger partial charge in [-0.3, -0.25) is 0 Å². The van der Waals surface area contributed by atoms with Gasteiger partial charge in [0.2, 0.25) is 0 Å². The van der Waals surface area contributed by atoms with Gasteiger partial charge < -0.3 is 0 Å². The van der Waals surface area contributed by atoms with E-state index in [2.05, 4.69) is 67.8 Å². The fourth-order valence-corrected chi connectivity index (χ4v) is 12.8. The van der Waals surface area contributed by atoms with Crippen LogP contribution < -0.4 is 0 Å². The second-order valence-corrected chi connectivity index (χ2v) is 26.3. The molecule has 124 valence electrons. The molecule has 2 aliphatic rings. The van der Waals surface area contributed by atoms with Crippen LogP contribution in [0.3, 0.4) is 0 Å². The number of rotatable bonds is 4. The first-order chi connectivity index (χ1) is 9.09. The average molecular weight is 540 g/mol. The van der Waals surface area contributed by atoms with Crippen LogP contribution in [0.15, 0.2) is 41.4 Å². The Morgan fingerprint density at radius 1 is 0.773 bits per heavy atom. The maximum atomic E-state index is 4.68. The van der Waals surface area contributed by atoms with Crippen LogP contribution in [0.25, 0.3) is 0 Å². The molecule has 22 heavy (non-hydrogen) atoms. The molecule has 0 saturated heterocycles. The molecule has 0 unspecified atom stereocenters. The van der Waals surface area contributed by atoms with Crippen LogP contribution in [0.2, 0.25) is 39.3 Å². The summed E-state index contributed by atoms with van der Waals surface area (Å²) in [5.74, 6) is 0. The van der Waals surface area contributed by atoms with E-state index >= 15 is 0 Å². The van der Waals surface area contributed by atoms with Crippen molar-refractivity contribution < 1.29 is 21.0 Å². The summed E-state index contributed by atoms with van der Waals surface area (Å²) >= 11 is -1.91. The van der Waals surface area contributed by atoms with Crippen LogP contribution in [0.1, 0.15) is 12.8 Å². The molecule has 0 aliphatic heterocycles. The first kappa shape index (κ1) is 22.7. The van der Waals surface area contributed by atoms with Gasteiger partial charge in [0, 0.05) is 0 Å². The van der Waals surface area contributed by atoms with Gasteiger partial charge in [-0.05, 0) is 0 Å². The summed E-state index contributed by atoms with van der Waals surface area (Å²) < 4.78 is 8.16. The van der Waals surface area contributed by atoms with E-state index in [1.54, 1.807) is 17.1 Å². The number of halogens is 2. The van der Waals surface area contributed by atoms with E-state index in [0.717, 1.165) is 0 Å². The molecule has 0 spiro atoms. The fourth-order valence-electron chi connectivity index (χ4n) is 2.72. The predicted octanol–water partition coefficient (Wildman–Crippen LogP) is 6.06. The molecule has 0 N–H and O–H groups in total. The Hall–Kier alpha value is 0.714. The van der Waals surface area contributed by atoms with Crippen LogP contribution in [-0.2, 0) is 21.0 Å². The van der Waals surface area contributed by atoms with Gasteiger partial charge in [0.05, 0.1) is 0 Å². The van der Waals surface area contributed by atoms with Crippen molar-refractivity contribution in [2.24, 2.45) is 0 Å². The van der Waals surface area contributed by atoms with Gasteiger partial charge in [0.25, 0.3) is 0 Å². The summed E-state index contributed by atoms with van der Waals surface area (Å²) in [6.45, 7) is 14.7. The third kappa shape index (κ3) is 5.37. The molecular weight excluding hydrogens is 510 g/mol. The van der Waals surface area contributed by atoms with E-state index in [0.29, 0.717) is 0 Å². The minimum atomic E-state index is -1.91. The van der Waals surface area contributed by atoms with Crippen molar-refractivity contribution in [1.82, 2.24) is 0 Å². The molecule has 0 bridgehead atoms. The molecule has 0 nitrogen and oxygen atoms in total. The molecular formula is C17H30Cl2HfSi2. The van der Waals surface area contributed by atoms with Crippen molar-refractivity contribution in [3.63, 3.8) is 0 Å². The summed E-state index contributed by atoms with van der Waals surface area (Å²) in [5.41, 5.74) is 0. The van der Waals surface area contributed by atoms with Gasteiger partial charge in [-0.25, -0.2) is 0 Å². The topological polar surface area (TPSA) is 0 Å². The molecule has 0 saturated carbocycles. The van der Waals surface area contributed by atoms with E-state index < -0.39 is 37.1 Å². The Labute approximate surface area is 158 Å². The zero-order valence-corrected chi connectivity index (χ0v) is 22.0. The molecule has 5 heteroatoms. The Kier molecular flexibility index (Phi) is 8.46. The Bertz CT molecular complexity index is 520. The Morgan fingerprint density at radius 3 is 1.32 bits per heavy atom. The molecule has 0 aromatic heterocycles. The summed E-state index contributed by atoms with van der Waals surface area (Å²) in [7, 11) is -2.26. The van der Waals surface area contributed by atoms with Crippen molar-refractivity contribution in [3.05, 3.63) is 41.4 Å². The van der Waals surface area contributed by atoms with Gasteiger partial charge in [-0.1, -0.05) is 0 Å². The standard InChI is InChI=1S/2C8H13Si.CH2.2ClH.Hf/c2*1-9(2,3)8-6-4-5-7-8;;;;/h2*6-7H,4H2,1-3H3;1H2;2*1H;. The molecule has 0 radical (unpaired) electrons. The molecule has 0 atom stereocenters. The minimum absolute atomic E-state index is 0. The monoisotopic (exact) mass is 540 g/mol. The van der Waals surface area contributed by atoms with E-state index in [4.69, 9.17) is 0 Å². The quantitative estimate of drug-likeness (QED) is 0.381. The van der Waals surface area contributed by atoms with E-state index in [1.165, 1.54) is 12.8 Å². The van der Waals surface area contributed by atoms with E-state index in [1.807, 2.05) is 0 Å². The van der Waals surface area contributed by atoms with Gasteiger partial charge in [-0.2, -0.15) is 0 Å². The SMILES string of the molecule is Cl.Cl.[CH2]=[Hf]([C]1=CC([Si](C)(C)C)=CC1)[C]1=CC([Si](C)(C)C)=CC1. The second kappa shape index (κ2) is 8.20. The normalized spacial score (nSPS) is 17.7. The van der Waals surface area contributed by atoms with E-state index in [-0.39, 0.29) is 24.8 Å². The van der Waals surface area contributed by atoms with Gasteiger partial charge in [0.15, 0.2) is 0 Å². The molecule has 2 rings (SSSR count). The van der Waals surface area contributed by atoms with Crippen LogP contribution in [0.4, 0.5) is 0 Å². The Morgan fingerprint density at radius 2 is 1.09 bits per heavy atom. The summed E-state index contributed by atoms with van der Waals surface area (Å²) in [6, 6.07) is 0. The number of hydrogen-bond acceptors (Lipinski definition) is 0. The van der Waals surface area contributed by atoms with Crippen LogP contribution >= 0.6 is 24.8 Å².